The summed E-state index contributed by atoms with van der Waals surface area (Å²) in [5.74, 6) is -1.18. The van der Waals surface area contributed by atoms with Crippen LogP contribution in [0.1, 0.15) is 0 Å². The number of carbonyl (C=O) groups excluding carboxylic acids is 1. The molecule has 0 bridgehead atoms. The van der Waals surface area contributed by atoms with Gasteiger partial charge in [0.1, 0.15) is 18.3 Å². The van der Waals surface area contributed by atoms with Crippen LogP contribution in [0.5, 0.6) is 0 Å². The van der Waals surface area contributed by atoms with Crippen LogP contribution in [-0.2, 0) is 36.4 Å². The zero-order chi connectivity index (χ0) is 43.9. The van der Waals surface area contributed by atoms with E-state index >= 15 is 0 Å². The second-order valence-electron chi connectivity index (χ2n) is 11.8. The SMILES string of the molecule is NC(CO)(CO)CO.NC(CO)(CO)CO.NC(CO)(CO)CO.NC1=NC(=O)C2N=CN(C3OC(COP(=O)(O)OP(=O)(O)OP(=O)(O)O)C(O)C3O)C2=N1. The van der Waals surface area contributed by atoms with Gasteiger partial charge in [-0.2, -0.15) is 18.6 Å². The average Bonchev–Trinajstić information content (AvgIpc) is 3.68. The third kappa shape index (κ3) is 17.5. The summed E-state index contributed by atoms with van der Waals surface area (Å²) in [5, 5.41) is 95.5. The second kappa shape index (κ2) is 23.0. The van der Waals surface area contributed by atoms with Gasteiger partial charge < -0.3 is 103 Å². The van der Waals surface area contributed by atoms with Crippen molar-refractivity contribution in [3.05, 3.63) is 0 Å². The lowest BCUT2D eigenvalue weighted by Crippen LogP contribution is -2.50. The number of guanidine groups is 1. The van der Waals surface area contributed by atoms with E-state index in [4.69, 9.17) is 88.3 Å². The lowest BCUT2D eigenvalue weighted by atomic mass is 10.1. The number of amides is 1. The average molecular weight is 887 g/mol. The normalized spacial score (nSPS) is 24.6. The number of hydrogen-bond acceptors (Lipinski definition) is 26. The van der Waals surface area contributed by atoms with E-state index in [0.717, 1.165) is 11.2 Å². The Morgan fingerprint density at radius 1 is 0.696 bits per heavy atom. The topological polar surface area (TPSA) is 553 Å². The van der Waals surface area contributed by atoms with Crippen LogP contribution in [0, 0.1) is 0 Å². The fourth-order valence-electron chi connectivity index (χ4n) is 3.23. The molecule has 0 spiro atoms. The lowest BCUT2D eigenvalue weighted by Gasteiger charge is -2.27. The molecular formula is C22H49N8O23P3. The fourth-order valence-corrected chi connectivity index (χ4v) is 6.26. The molecule has 56 heavy (non-hydrogen) atoms. The molecule has 34 heteroatoms. The molecule has 3 aliphatic rings. The second-order valence-corrected chi connectivity index (χ2v) is 16.2. The van der Waals surface area contributed by atoms with Gasteiger partial charge in [0.05, 0.1) is 89.0 Å². The van der Waals surface area contributed by atoms with Gasteiger partial charge in [-0.25, -0.2) is 13.7 Å². The van der Waals surface area contributed by atoms with Gasteiger partial charge in [-0.3, -0.25) is 19.2 Å². The largest absolute Gasteiger partial charge is 0.490 e. The Hall–Kier alpha value is -1.91. The van der Waals surface area contributed by atoms with Gasteiger partial charge in [0.25, 0.3) is 5.91 Å². The lowest BCUT2D eigenvalue weighted by molar-refractivity contribution is -0.117. The van der Waals surface area contributed by atoms with E-state index in [-0.39, 0.29) is 11.8 Å². The van der Waals surface area contributed by atoms with Crippen LogP contribution >= 0.6 is 23.5 Å². The number of aliphatic imine (C=N–C) groups is 3. The molecule has 0 aliphatic carbocycles. The highest BCUT2D eigenvalue weighted by Gasteiger charge is 2.51. The molecule has 3 heterocycles. The van der Waals surface area contributed by atoms with E-state index in [2.05, 4.69) is 28.1 Å². The number of rotatable bonds is 17. The molecule has 0 aromatic heterocycles. The van der Waals surface area contributed by atoms with Crippen molar-refractivity contribution in [2.45, 2.75) is 47.2 Å². The summed E-state index contributed by atoms with van der Waals surface area (Å²) >= 11 is 0. The predicted molar refractivity (Wildman–Crippen MR) is 183 cm³/mol. The van der Waals surface area contributed by atoms with Gasteiger partial charge in [0.2, 0.25) is 5.96 Å². The Morgan fingerprint density at radius 2 is 1.11 bits per heavy atom. The van der Waals surface area contributed by atoms with Crippen molar-refractivity contribution in [1.29, 1.82) is 0 Å². The molecule has 1 saturated heterocycles. The van der Waals surface area contributed by atoms with Crippen LogP contribution in [0.2, 0.25) is 0 Å². The van der Waals surface area contributed by atoms with Crippen LogP contribution in [0.25, 0.3) is 0 Å². The minimum atomic E-state index is -5.73. The maximum absolute atomic E-state index is 11.8. The van der Waals surface area contributed by atoms with Crippen LogP contribution in [0.3, 0.4) is 0 Å². The number of aliphatic hydroxyl groups excluding tert-OH is 11. The molecular weight excluding hydrogens is 837 g/mol. The first-order valence-electron chi connectivity index (χ1n) is 15.1. The maximum Gasteiger partial charge on any atom is 0.490 e. The van der Waals surface area contributed by atoms with Gasteiger partial charge in [-0.05, 0) is 0 Å². The Labute approximate surface area is 315 Å². The summed E-state index contributed by atoms with van der Waals surface area (Å²) < 4.78 is 50.6. The van der Waals surface area contributed by atoms with Crippen molar-refractivity contribution >= 4 is 47.5 Å². The van der Waals surface area contributed by atoms with Crippen molar-refractivity contribution in [2.75, 3.05) is 66.1 Å². The monoisotopic (exact) mass is 886 g/mol. The highest BCUT2D eigenvalue weighted by molar-refractivity contribution is 7.66. The van der Waals surface area contributed by atoms with Crippen LogP contribution in [0.4, 0.5) is 0 Å². The van der Waals surface area contributed by atoms with E-state index in [1.807, 2.05) is 0 Å². The van der Waals surface area contributed by atoms with Crippen molar-refractivity contribution in [3.63, 3.8) is 0 Å². The molecule has 1 amide bonds. The molecule has 330 valence electrons. The smallest absolute Gasteiger partial charge is 0.394 e. The number of phosphoric acid groups is 3. The van der Waals surface area contributed by atoms with Crippen LogP contribution in [0.15, 0.2) is 15.0 Å². The number of carbonyl (C=O) groups is 1. The zero-order valence-corrected chi connectivity index (χ0v) is 31.6. The number of amidine groups is 1. The molecule has 0 radical (unpaired) electrons. The van der Waals surface area contributed by atoms with Crippen LogP contribution in [-0.4, -0.2) is 218 Å². The van der Waals surface area contributed by atoms with Crippen molar-refractivity contribution < 1.29 is 112 Å². The van der Waals surface area contributed by atoms with Gasteiger partial charge in [0.15, 0.2) is 18.1 Å². The zero-order valence-electron chi connectivity index (χ0n) is 28.9. The molecule has 1 fully saturated rings. The van der Waals surface area contributed by atoms with Gasteiger partial charge in [0, 0.05) is 0 Å². The van der Waals surface area contributed by atoms with E-state index in [1.165, 1.54) is 0 Å². The third-order valence-corrected chi connectivity index (χ3v) is 10.6. The molecule has 7 unspecified atom stereocenters. The van der Waals surface area contributed by atoms with Crippen molar-refractivity contribution in [3.8, 4) is 0 Å². The summed E-state index contributed by atoms with van der Waals surface area (Å²) in [4.78, 5) is 59.6. The number of nitrogens with zero attached hydrogens (tertiary/aromatic N) is 4. The van der Waals surface area contributed by atoms with Gasteiger partial charge in [-0.15, -0.1) is 0 Å². The summed E-state index contributed by atoms with van der Waals surface area (Å²) in [6, 6.07) is -1.15. The molecule has 0 aromatic carbocycles. The molecule has 23 N–H and O–H groups in total. The minimum Gasteiger partial charge on any atom is -0.394 e. The quantitative estimate of drug-likeness (QED) is 0.0603. The van der Waals surface area contributed by atoms with E-state index in [0.29, 0.717) is 0 Å². The highest BCUT2D eigenvalue weighted by Crippen LogP contribution is 2.66. The molecule has 3 aliphatic heterocycles. The number of nitrogens with two attached hydrogens (primary N) is 4. The molecule has 3 rings (SSSR count). The van der Waals surface area contributed by atoms with E-state index in [9.17, 15) is 33.6 Å². The Morgan fingerprint density at radius 3 is 1.46 bits per heavy atom. The number of phosphoric ester groups is 1. The summed E-state index contributed by atoms with van der Waals surface area (Å²) in [6.07, 6.45) is -5.30. The molecule has 0 saturated carbocycles. The summed E-state index contributed by atoms with van der Waals surface area (Å²) in [5.41, 5.74) is 17.2. The van der Waals surface area contributed by atoms with E-state index in [1.54, 1.807) is 0 Å². The Bertz CT molecular complexity index is 1410. The number of hydrogen-bond donors (Lipinski definition) is 19. The molecule has 0 aromatic rings. The first kappa shape index (κ1) is 54.1. The van der Waals surface area contributed by atoms with Crippen LogP contribution < -0.4 is 22.9 Å². The third-order valence-electron chi connectivity index (χ3n) is 6.80. The van der Waals surface area contributed by atoms with Crippen molar-refractivity contribution in [1.82, 2.24) is 4.90 Å². The standard InChI is InChI=1S/C10H16N5O14P3.3C4H11NO3/c11-10-13-7-4(8(18)14-10)12-2-15(7)9-6(17)5(16)3(27-9)1-26-31(22,23)29-32(24,25)28-30(19,20)21;3*5-4(1-6,2-7)3-8/h2-6,9,16-17H,1H2,(H,22,23)(H,24,25)(H2,11,14,18)(H2,19,20,21);3*6-8H,1-3,5H2. The van der Waals surface area contributed by atoms with Gasteiger partial charge >= 0.3 is 23.5 Å². The first-order valence-corrected chi connectivity index (χ1v) is 19.6. The number of ether oxygens (including phenoxy) is 1. The fraction of sp³-hybridized carbons (Fsp3) is 0.818. The molecule has 31 nitrogen and oxygen atoms in total. The number of aliphatic hydroxyl groups is 11. The molecule has 7 atom stereocenters. The summed E-state index contributed by atoms with van der Waals surface area (Å²) in [7, 11) is -16.8. The van der Waals surface area contributed by atoms with Gasteiger partial charge in [-0.1, -0.05) is 0 Å². The Kier molecular flexibility index (Phi) is 22.2. The van der Waals surface area contributed by atoms with Crippen molar-refractivity contribution in [2.24, 2.45) is 37.9 Å². The number of fused-ring (bicyclic) bond motifs is 1. The van der Waals surface area contributed by atoms with E-state index < -0.39 is 143 Å². The highest BCUT2D eigenvalue weighted by atomic mass is 31.3. The summed E-state index contributed by atoms with van der Waals surface area (Å²) in [6.45, 7) is -4.64. The first-order chi connectivity index (χ1) is 25.6. The minimum absolute atomic E-state index is 0.0627. The Balaban J connectivity index is 0.00000102. The maximum atomic E-state index is 11.8. The predicted octanol–water partition coefficient (Wildman–Crippen LogP) is -10.3.